The second-order valence-corrected chi connectivity index (χ2v) is 14.0. The van der Waals surface area contributed by atoms with Gasteiger partial charge in [0.05, 0.1) is 0 Å². The number of hydrogen-bond acceptors (Lipinski definition) is 0. The highest BCUT2D eigenvalue weighted by Gasteiger charge is 2.25. The predicted molar refractivity (Wildman–Crippen MR) is 135 cm³/mol. The third-order valence-corrected chi connectivity index (χ3v) is 12.0. The normalized spacial score (nSPS) is 27.1. The fourth-order valence-electron chi connectivity index (χ4n) is 6.06. The van der Waals surface area contributed by atoms with Gasteiger partial charge in [-0.2, -0.15) is 0 Å². The highest BCUT2D eigenvalue weighted by atomic mass is 35.5. The van der Waals surface area contributed by atoms with Gasteiger partial charge in [0.2, 0.25) is 0 Å². The zero-order valence-electron chi connectivity index (χ0n) is 18.8. The minimum Gasteiger partial charge on any atom is -0.0843 e. The molecule has 2 fully saturated rings. The van der Waals surface area contributed by atoms with Gasteiger partial charge in [0, 0.05) is 13.8 Å². The molecule has 2 aromatic carbocycles. The molecule has 0 aromatic heterocycles. The van der Waals surface area contributed by atoms with Crippen LogP contribution in [-0.4, -0.2) is 8.80 Å². The van der Waals surface area contributed by atoms with Crippen LogP contribution in [0, 0.1) is 11.8 Å². The molecule has 1 aliphatic heterocycles. The Kier molecular flexibility index (Phi) is 8.12. The van der Waals surface area contributed by atoms with Gasteiger partial charge in [0.15, 0.2) is 0 Å². The van der Waals surface area contributed by atoms with Gasteiger partial charge >= 0.3 is 0 Å². The summed E-state index contributed by atoms with van der Waals surface area (Å²) in [6.45, 7) is 2.38. The number of halogens is 1. The maximum absolute atomic E-state index is 6.02. The van der Waals surface area contributed by atoms with Crippen LogP contribution in [0.1, 0.15) is 76.2 Å². The first-order valence-corrected chi connectivity index (χ1v) is 15.4. The van der Waals surface area contributed by atoms with Crippen molar-refractivity contribution in [3.05, 3.63) is 59.1 Å². The number of rotatable bonds is 7. The van der Waals surface area contributed by atoms with E-state index < -0.39 is 0 Å². The average molecular weight is 439 g/mol. The molecule has 0 unspecified atom stereocenters. The summed E-state index contributed by atoms with van der Waals surface area (Å²) in [7, 11) is -0.299. The van der Waals surface area contributed by atoms with Crippen molar-refractivity contribution in [2.45, 2.75) is 88.8 Å². The fraction of sp³-hybridized carbons (Fsp3) is 0.571. The Morgan fingerprint density at radius 1 is 0.733 bits per heavy atom. The zero-order chi connectivity index (χ0) is 20.8. The van der Waals surface area contributed by atoms with Gasteiger partial charge in [-0.3, -0.25) is 0 Å². The van der Waals surface area contributed by atoms with Crippen molar-refractivity contribution in [1.29, 1.82) is 0 Å². The van der Waals surface area contributed by atoms with E-state index in [1.165, 1.54) is 56.1 Å². The quantitative estimate of drug-likeness (QED) is 0.378. The number of benzene rings is 2. The lowest BCUT2D eigenvalue weighted by Crippen LogP contribution is -2.22. The van der Waals surface area contributed by atoms with Gasteiger partial charge < -0.3 is 0 Å². The molecule has 162 valence electrons. The summed E-state index contributed by atoms with van der Waals surface area (Å²) in [4.78, 5) is 0. The summed E-state index contributed by atoms with van der Waals surface area (Å²) in [5, 5.41) is 0.804. The molecule has 2 aliphatic rings. The van der Waals surface area contributed by atoms with Gasteiger partial charge in [-0.15, -0.1) is 0 Å². The van der Waals surface area contributed by atoms with Gasteiger partial charge in [-0.1, -0.05) is 105 Å². The summed E-state index contributed by atoms with van der Waals surface area (Å²) in [6.07, 6.45) is 13.3. The van der Waals surface area contributed by atoms with Crippen molar-refractivity contribution >= 4 is 20.4 Å². The molecule has 1 saturated carbocycles. The Bertz CT molecular complexity index is 750. The van der Waals surface area contributed by atoms with E-state index in [4.69, 9.17) is 11.6 Å². The van der Waals surface area contributed by atoms with Crippen LogP contribution in [0.15, 0.2) is 48.5 Å². The minimum absolute atomic E-state index is 0.299. The minimum atomic E-state index is -0.299. The van der Waals surface area contributed by atoms with E-state index in [2.05, 4.69) is 43.3 Å². The molecule has 2 heteroatoms. The molecular weight excluding hydrogens is 400 g/mol. The van der Waals surface area contributed by atoms with E-state index in [0.717, 1.165) is 22.8 Å². The van der Waals surface area contributed by atoms with Gasteiger partial charge in [0.1, 0.15) is 0 Å². The Labute approximate surface area is 191 Å². The zero-order valence-corrected chi connectivity index (χ0v) is 20.7. The van der Waals surface area contributed by atoms with Gasteiger partial charge in [-0.25, -0.2) is 0 Å². The topological polar surface area (TPSA) is 0 Å². The molecule has 0 bridgehead atoms. The Morgan fingerprint density at radius 3 is 1.83 bits per heavy atom. The van der Waals surface area contributed by atoms with Crippen LogP contribution in [0.25, 0.3) is 11.1 Å². The monoisotopic (exact) mass is 438 g/mol. The standard InChI is InChI=1S/C28H39ClSi/c1-2-19-30-20-17-23(18-21-30)4-3-22-5-7-24(8-6-22)25-9-11-26(12-10-25)27-13-15-28(29)16-14-27/h9-16,22-24,30H,2-8,17-21H2,1H3/t22-,23-,24-,30-. The average Bonchev–Trinajstić information content (AvgIpc) is 2.80. The maximum atomic E-state index is 6.02. The lowest BCUT2D eigenvalue weighted by atomic mass is 9.76. The van der Waals surface area contributed by atoms with E-state index in [1.807, 2.05) is 12.1 Å². The van der Waals surface area contributed by atoms with Crippen molar-refractivity contribution in [3.63, 3.8) is 0 Å². The molecule has 30 heavy (non-hydrogen) atoms. The molecule has 0 N–H and O–H groups in total. The first kappa shape index (κ1) is 22.2. The van der Waals surface area contributed by atoms with Gasteiger partial charge in [-0.05, 0) is 72.3 Å². The summed E-state index contributed by atoms with van der Waals surface area (Å²) < 4.78 is 0. The van der Waals surface area contributed by atoms with Crippen LogP contribution in [0.5, 0.6) is 0 Å². The maximum Gasteiger partial charge on any atom is 0.0406 e. The SMILES string of the molecule is CCC[Si@H]1CC[C@H](CC[C@H]2CC[C@H](c3ccc(-c4ccc(Cl)cc4)cc3)CC2)CC1. The van der Waals surface area contributed by atoms with Crippen molar-refractivity contribution in [2.24, 2.45) is 11.8 Å². The molecular formula is C28H39ClSi. The lowest BCUT2D eigenvalue weighted by molar-refractivity contribution is 0.280. The van der Waals surface area contributed by atoms with Crippen molar-refractivity contribution < 1.29 is 0 Å². The third-order valence-electron chi connectivity index (χ3n) is 8.05. The lowest BCUT2D eigenvalue weighted by Gasteiger charge is -2.32. The predicted octanol–water partition coefficient (Wildman–Crippen LogP) is 9.11. The highest BCUT2D eigenvalue weighted by molar-refractivity contribution is 6.58. The Balaban J connectivity index is 1.20. The van der Waals surface area contributed by atoms with Gasteiger partial charge in [0.25, 0.3) is 0 Å². The second kappa shape index (κ2) is 11.0. The van der Waals surface area contributed by atoms with Crippen molar-refractivity contribution in [2.75, 3.05) is 0 Å². The largest absolute Gasteiger partial charge is 0.0843 e. The van der Waals surface area contributed by atoms with E-state index in [9.17, 15) is 0 Å². The first-order valence-electron chi connectivity index (χ1n) is 12.6. The Hall–Kier alpha value is -1.05. The van der Waals surface area contributed by atoms with E-state index >= 15 is 0 Å². The summed E-state index contributed by atoms with van der Waals surface area (Å²) in [5.41, 5.74) is 4.09. The summed E-state index contributed by atoms with van der Waals surface area (Å²) >= 11 is 6.02. The fourth-order valence-corrected chi connectivity index (χ4v) is 9.76. The first-order chi connectivity index (χ1) is 14.7. The van der Waals surface area contributed by atoms with Crippen LogP contribution in [0.2, 0.25) is 23.2 Å². The van der Waals surface area contributed by atoms with E-state index in [0.29, 0.717) is 0 Å². The third kappa shape index (κ3) is 6.01. The Morgan fingerprint density at radius 2 is 1.27 bits per heavy atom. The molecule has 0 spiro atoms. The summed E-state index contributed by atoms with van der Waals surface area (Å²) in [6, 6.07) is 22.4. The molecule has 0 atom stereocenters. The molecule has 1 heterocycles. The molecule has 1 aliphatic carbocycles. The highest BCUT2D eigenvalue weighted by Crippen LogP contribution is 2.40. The molecule has 2 aromatic rings. The smallest absolute Gasteiger partial charge is 0.0406 e. The van der Waals surface area contributed by atoms with Crippen LogP contribution >= 0.6 is 11.6 Å². The molecule has 0 nitrogen and oxygen atoms in total. The van der Waals surface area contributed by atoms with Crippen LogP contribution < -0.4 is 0 Å². The summed E-state index contributed by atoms with van der Waals surface area (Å²) in [5.74, 6) is 2.85. The molecule has 0 amide bonds. The van der Waals surface area contributed by atoms with E-state index in [1.54, 1.807) is 36.5 Å². The van der Waals surface area contributed by atoms with Crippen LogP contribution in [0.4, 0.5) is 0 Å². The van der Waals surface area contributed by atoms with Crippen molar-refractivity contribution in [1.82, 2.24) is 0 Å². The van der Waals surface area contributed by atoms with Crippen LogP contribution in [0.3, 0.4) is 0 Å². The van der Waals surface area contributed by atoms with E-state index in [-0.39, 0.29) is 8.80 Å². The van der Waals surface area contributed by atoms with Crippen molar-refractivity contribution in [3.8, 4) is 11.1 Å². The second-order valence-electron chi connectivity index (χ2n) is 10.1. The molecule has 4 rings (SSSR count). The molecule has 0 radical (unpaired) electrons. The van der Waals surface area contributed by atoms with Crippen LogP contribution in [-0.2, 0) is 0 Å². The molecule has 1 saturated heterocycles. The number of hydrogen-bond donors (Lipinski definition) is 0.